The predicted molar refractivity (Wildman–Crippen MR) is 73.9 cm³/mol. The number of ether oxygens (including phenoxy) is 2. The first kappa shape index (κ1) is 14.1. The quantitative estimate of drug-likeness (QED) is 0.733. The largest absolute Gasteiger partial charge is 0.481 e. The van der Waals surface area contributed by atoms with E-state index in [2.05, 4.69) is 4.99 Å². The summed E-state index contributed by atoms with van der Waals surface area (Å²) in [5, 5.41) is 8.70. The Labute approximate surface area is 117 Å². The van der Waals surface area contributed by atoms with E-state index in [1.54, 1.807) is 6.92 Å². The maximum absolute atomic E-state index is 12.0. The van der Waals surface area contributed by atoms with Crippen molar-refractivity contribution in [2.45, 2.75) is 19.9 Å². The van der Waals surface area contributed by atoms with E-state index in [9.17, 15) is 4.79 Å². The molecule has 0 amide bonds. The van der Waals surface area contributed by atoms with E-state index in [4.69, 9.17) is 14.7 Å². The van der Waals surface area contributed by atoms with Gasteiger partial charge in [-0.15, -0.1) is 0 Å². The molecule has 0 N–H and O–H groups in total. The molecule has 0 fully saturated rings. The molecule has 1 heterocycles. The third-order valence-electron chi connectivity index (χ3n) is 3.10. The summed E-state index contributed by atoms with van der Waals surface area (Å²) in [5.41, 5.74) is 1.37. The number of carbonyl (C=O) groups excluding carboxylic acids is 1. The summed E-state index contributed by atoms with van der Waals surface area (Å²) in [5.74, 6) is -0.158. The predicted octanol–water partition coefficient (Wildman–Crippen LogP) is 1.93. The van der Waals surface area contributed by atoms with Gasteiger partial charge in [-0.05, 0) is 13.8 Å². The number of fused-ring (bicyclic) bond motifs is 1. The number of hydrogen-bond donors (Lipinski definition) is 0. The first-order chi connectivity index (χ1) is 9.67. The van der Waals surface area contributed by atoms with Crippen molar-refractivity contribution in [3.8, 4) is 6.07 Å². The van der Waals surface area contributed by atoms with Crippen LogP contribution in [0.15, 0.2) is 40.1 Å². The van der Waals surface area contributed by atoms with Gasteiger partial charge in [0.05, 0.1) is 18.6 Å². The molecule has 0 radical (unpaired) electrons. The second kappa shape index (κ2) is 6.20. The molecule has 0 bridgehead atoms. The van der Waals surface area contributed by atoms with E-state index in [-0.39, 0.29) is 25.2 Å². The molecule has 0 saturated carbocycles. The highest BCUT2D eigenvalue weighted by atomic mass is 16.5. The number of rotatable bonds is 4. The van der Waals surface area contributed by atoms with Crippen molar-refractivity contribution in [2.24, 2.45) is 10.9 Å². The average Bonchev–Trinajstić information content (AvgIpc) is 2.44. The van der Waals surface area contributed by atoms with Gasteiger partial charge in [0, 0.05) is 6.21 Å². The smallest absolute Gasteiger partial charge is 0.343 e. The van der Waals surface area contributed by atoms with Crippen molar-refractivity contribution < 1.29 is 14.3 Å². The normalized spacial score (nSPS) is 23.8. The molecule has 5 heteroatoms. The van der Waals surface area contributed by atoms with Gasteiger partial charge < -0.3 is 9.47 Å². The monoisotopic (exact) mass is 272 g/mol. The Hall–Kier alpha value is -2.35. The molecule has 1 aliphatic carbocycles. The molecule has 2 aliphatic rings. The van der Waals surface area contributed by atoms with Crippen LogP contribution in [0.4, 0.5) is 0 Å². The van der Waals surface area contributed by atoms with Crippen molar-refractivity contribution in [3.05, 3.63) is 35.1 Å². The van der Waals surface area contributed by atoms with Gasteiger partial charge in [-0.25, -0.2) is 4.79 Å². The van der Waals surface area contributed by atoms with Crippen LogP contribution in [-0.2, 0) is 14.3 Å². The highest BCUT2D eigenvalue weighted by Crippen LogP contribution is 2.32. The van der Waals surface area contributed by atoms with Crippen LogP contribution < -0.4 is 0 Å². The number of allylic oxidation sites excluding steroid dienone is 2. The van der Waals surface area contributed by atoms with E-state index in [0.29, 0.717) is 11.3 Å². The Bertz CT molecular complexity index is 564. The number of aliphatic imine (C=N–C) groups is 1. The summed E-state index contributed by atoms with van der Waals surface area (Å²) >= 11 is 0. The van der Waals surface area contributed by atoms with E-state index in [1.165, 1.54) is 6.21 Å². The molecular weight excluding hydrogens is 256 g/mol. The standard InChI is InChI=1S/C15H16N2O3/c1-3-19-15(18)12-9-17-13-5-4-10(2)8-11(13)14(12)20-7-6-16/h4-5,8-9,11,13H,3,7H2,1-2H3/t11-,13-/m1/s1. The fourth-order valence-corrected chi connectivity index (χ4v) is 2.23. The second-order valence-electron chi connectivity index (χ2n) is 4.51. The maximum Gasteiger partial charge on any atom is 0.343 e. The van der Waals surface area contributed by atoms with E-state index in [1.807, 2.05) is 31.2 Å². The van der Waals surface area contributed by atoms with Crippen LogP contribution in [0, 0.1) is 17.2 Å². The molecule has 5 nitrogen and oxygen atoms in total. The molecule has 2 rings (SSSR count). The molecule has 0 saturated heterocycles. The van der Waals surface area contributed by atoms with Gasteiger partial charge in [0.25, 0.3) is 0 Å². The van der Waals surface area contributed by atoms with E-state index >= 15 is 0 Å². The van der Waals surface area contributed by atoms with Crippen molar-refractivity contribution >= 4 is 12.2 Å². The van der Waals surface area contributed by atoms with Crippen molar-refractivity contribution in [1.82, 2.24) is 0 Å². The SMILES string of the molecule is CCOC(=O)C1=C(OCC#N)[C@@H]2C=C(C)C=C[C@H]2N=C1. The molecule has 20 heavy (non-hydrogen) atoms. The Balaban J connectivity index is 2.37. The number of nitrogens with zero attached hydrogens (tertiary/aromatic N) is 2. The molecule has 104 valence electrons. The second-order valence-corrected chi connectivity index (χ2v) is 4.51. The van der Waals surface area contributed by atoms with Crippen LogP contribution in [0.2, 0.25) is 0 Å². The minimum absolute atomic E-state index is 0.0921. The third-order valence-corrected chi connectivity index (χ3v) is 3.10. The number of carbonyl (C=O) groups is 1. The fourth-order valence-electron chi connectivity index (χ4n) is 2.23. The lowest BCUT2D eigenvalue weighted by Crippen LogP contribution is -2.29. The minimum atomic E-state index is -0.469. The van der Waals surface area contributed by atoms with Gasteiger partial charge >= 0.3 is 5.97 Å². The zero-order valence-corrected chi connectivity index (χ0v) is 11.5. The number of esters is 1. The van der Waals surface area contributed by atoms with Crippen LogP contribution in [0.25, 0.3) is 0 Å². The van der Waals surface area contributed by atoms with Gasteiger partial charge in [-0.3, -0.25) is 4.99 Å². The highest BCUT2D eigenvalue weighted by molar-refractivity contribution is 6.10. The first-order valence-corrected chi connectivity index (χ1v) is 6.48. The van der Waals surface area contributed by atoms with Crippen LogP contribution in [0.5, 0.6) is 0 Å². The zero-order valence-electron chi connectivity index (χ0n) is 11.5. The minimum Gasteiger partial charge on any atom is -0.481 e. The maximum atomic E-state index is 12.0. The molecule has 2 atom stereocenters. The summed E-state index contributed by atoms with van der Waals surface area (Å²) in [7, 11) is 0. The number of hydrogen-bond acceptors (Lipinski definition) is 5. The van der Waals surface area contributed by atoms with Crippen molar-refractivity contribution in [3.63, 3.8) is 0 Å². The van der Waals surface area contributed by atoms with Crippen molar-refractivity contribution in [1.29, 1.82) is 5.26 Å². The molecular formula is C15H16N2O3. The van der Waals surface area contributed by atoms with Gasteiger partial charge in [0.1, 0.15) is 17.4 Å². The van der Waals surface area contributed by atoms with Crippen LogP contribution in [-0.4, -0.2) is 31.4 Å². The Kier molecular flexibility index (Phi) is 4.36. The van der Waals surface area contributed by atoms with Gasteiger partial charge in [-0.1, -0.05) is 23.8 Å². The Morgan fingerprint density at radius 3 is 3.05 bits per heavy atom. The summed E-state index contributed by atoms with van der Waals surface area (Å²) in [6.07, 6.45) is 7.42. The topological polar surface area (TPSA) is 71.7 Å². The van der Waals surface area contributed by atoms with Gasteiger partial charge in [-0.2, -0.15) is 5.26 Å². The molecule has 0 unspecified atom stereocenters. The van der Waals surface area contributed by atoms with Crippen LogP contribution in [0.1, 0.15) is 13.8 Å². The lowest BCUT2D eigenvalue weighted by molar-refractivity contribution is -0.138. The molecule has 0 aromatic rings. The molecule has 0 aromatic heterocycles. The summed E-state index contributed by atoms with van der Waals surface area (Å²) in [4.78, 5) is 16.3. The Morgan fingerprint density at radius 1 is 1.55 bits per heavy atom. The summed E-state index contributed by atoms with van der Waals surface area (Å²) < 4.78 is 10.5. The van der Waals surface area contributed by atoms with E-state index in [0.717, 1.165) is 5.57 Å². The highest BCUT2D eigenvalue weighted by Gasteiger charge is 2.32. The Morgan fingerprint density at radius 2 is 2.35 bits per heavy atom. The summed E-state index contributed by atoms with van der Waals surface area (Å²) in [6, 6.07) is 1.83. The average molecular weight is 272 g/mol. The van der Waals surface area contributed by atoms with Crippen LogP contribution >= 0.6 is 0 Å². The van der Waals surface area contributed by atoms with Crippen LogP contribution in [0.3, 0.4) is 0 Å². The third kappa shape index (κ3) is 2.80. The first-order valence-electron chi connectivity index (χ1n) is 6.48. The number of nitriles is 1. The number of dihydropyridines is 1. The van der Waals surface area contributed by atoms with Gasteiger partial charge in [0.15, 0.2) is 6.61 Å². The molecule has 1 aliphatic heterocycles. The van der Waals surface area contributed by atoms with Crippen molar-refractivity contribution in [2.75, 3.05) is 13.2 Å². The lowest BCUT2D eigenvalue weighted by Gasteiger charge is -2.28. The van der Waals surface area contributed by atoms with Gasteiger partial charge in [0.2, 0.25) is 0 Å². The molecule has 0 spiro atoms. The summed E-state index contributed by atoms with van der Waals surface area (Å²) in [6.45, 7) is 3.89. The lowest BCUT2D eigenvalue weighted by atomic mass is 9.87. The van der Waals surface area contributed by atoms with E-state index < -0.39 is 5.97 Å². The zero-order chi connectivity index (χ0) is 14.5. The fraction of sp³-hybridized carbons (Fsp3) is 0.400. The molecule has 0 aromatic carbocycles.